The van der Waals surface area contributed by atoms with Crippen molar-refractivity contribution in [2.24, 2.45) is 0 Å². The molecule has 0 saturated heterocycles. The first kappa shape index (κ1) is 12.3. The van der Waals surface area contributed by atoms with Gasteiger partial charge in [0.15, 0.2) is 0 Å². The molecule has 0 amide bonds. The van der Waals surface area contributed by atoms with E-state index in [1.807, 2.05) is 36.4 Å². The Morgan fingerprint density at radius 1 is 1.18 bits per heavy atom. The molecule has 0 unspecified atom stereocenters. The van der Waals surface area contributed by atoms with Crippen molar-refractivity contribution >= 4 is 33.4 Å². The van der Waals surface area contributed by atoms with Crippen LogP contribution in [0.25, 0.3) is 0 Å². The normalized spacial score (nSPS) is 10.2. The smallest absolute Gasteiger partial charge is 0.122 e. The van der Waals surface area contributed by atoms with Crippen molar-refractivity contribution in [1.29, 1.82) is 0 Å². The number of hydrogen-bond acceptors (Lipinski definition) is 3. The Kier molecular flexibility index (Phi) is 3.97. The van der Waals surface area contributed by atoms with Crippen LogP contribution in [0.4, 0.5) is 5.69 Å². The Bertz CT molecular complexity index is 531. The van der Waals surface area contributed by atoms with Crippen molar-refractivity contribution in [1.82, 2.24) is 0 Å². The lowest BCUT2D eigenvalue weighted by Crippen LogP contribution is -1.89. The number of methoxy groups -OCH3 is 1. The number of rotatable bonds is 3. The summed E-state index contributed by atoms with van der Waals surface area (Å²) >= 11 is 5.18. The van der Waals surface area contributed by atoms with Gasteiger partial charge in [0, 0.05) is 26.0 Å². The first-order valence-electron chi connectivity index (χ1n) is 5.06. The van der Waals surface area contributed by atoms with Gasteiger partial charge in [-0.15, -0.1) is 0 Å². The number of benzene rings is 2. The maximum atomic E-state index is 5.82. The van der Waals surface area contributed by atoms with Crippen LogP contribution in [0.3, 0.4) is 0 Å². The Labute approximate surface area is 113 Å². The molecule has 2 nitrogen and oxygen atoms in total. The van der Waals surface area contributed by atoms with E-state index in [0.29, 0.717) is 5.69 Å². The highest BCUT2D eigenvalue weighted by molar-refractivity contribution is 9.10. The van der Waals surface area contributed by atoms with Gasteiger partial charge >= 0.3 is 0 Å². The van der Waals surface area contributed by atoms with Crippen LogP contribution in [0.15, 0.2) is 56.7 Å². The first-order valence-corrected chi connectivity index (χ1v) is 6.67. The molecule has 88 valence electrons. The number of ether oxygens (including phenoxy) is 1. The highest BCUT2D eigenvalue weighted by Crippen LogP contribution is 2.35. The minimum atomic E-state index is 0.707. The minimum absolute atomic E-state index is 0.707. The third-order valence-corrected chi connectivity index (χ3v) is 4.20. The number of nitrogen functional groups attached to an aromatic ring is 1. The monoisotopic (exact) mass is 309 g/mol. The van der Waals surface area contributed by atoms with Gasteiger partial charge in [-0.25, -0.2) is 0 Å². The van der Waals surface area contributed by atoms with Gasteiger partial charge in [-0.1, -0.05) is 23.9 Å². The molecule has 0 saturated carbocycles. The van der Waals surface area contributed by atoms with E-state index in [1.54, 1.807) is 18.9 Å². The Morgan fingerprint density at radius 2 is 1.94 bits per heavy atom. The molecule has 0 spiro atoms. The van der Waals surface area contributed by atoms with Crippen LogP contribution in [0.1, 0.15) is 0 Å². The summed E-state index contributed by atoms with van der Waals surface area (Å²) in [4.78, 5) is 2.22. The molecule has 17 heavy (non-hydrogen) atoms. The molecule has 0 aromatic heterocycles. The van der Waals surface area contributed by atoms with Crippen molar-refractivity contribution in [3.63, 3.8) is 0 Å². The minimum Gasteiger partial charge on any atom is -0.497 e. The first-order chi connectivity index (χ1) is 8.19. The standard InChI is InChI=1S/C13H12BrNOS/c1-16-10-6-9(15)7-11(8-10)17-13-5-3-2-4-12(13)14/h2-8H,15H2,1H3. The van der Waals surface area contributed by atoms with Gasteiger partial charge < -0.3 is 10.5 Å². The molecule has 2 aromatic rings. The molecule has 0 atom stereocenters. The van der Waals surface area contributed by atoms with E-state index in [1.165, 1.54) is 0 Å². The summed E-state index contributed by atoms with van der Waals surface area (Å²) in [6, 6.07) is 13.8. The van der Waals surface area contributed by atoms with E-state index in [0.717, 1.165) is 20.0 Å². The lowest BCUT2D eigenvalue weighted by atomic mass is 10.3. The maximum Gasteiger partial charge on any atom is 0.122 e. The van der Waals surface area contributed by atoms with Crippen molar-refractivity contribution in [3.8, 4) is 5.75 Å². The molecule has 0 bridgehead atoms. The molecule has 0 heterocycles. The van der Waals surface area contributed by atoms with Gasteiger partial charge in [-0.2, -0.15) is 0 Å². The summed E-state index contributed by atoms with van der Waals surface area (Å²) in [7, 11) is 1.64. The van der Waals surface area contributed by atoms with Crippen LogP contribution >= 0.6 is 27.7 Å². The zero-order chi connectivity index (χ0) is 12.3. The van der Waals surface area contributed by atoms with E-state index >= 15 is 0 Å². The Morgan fingerprint density at radius 3 is 2.65 bits per heavy atom. The second-order valence-electron chi connectivity index (χ2n) is 3.47. The summed E-state index contributed by atoms with van der Waals surface area (Å²) in [5.74, 6) is 0.777. The largest absolute Gasteiger partial charge is 0.497 e. The number of halogens is 1. The molecule has 2 aromatic carbocycles. The number of hydrogen-bond donors (Lipinski definition) is 1. The Balaban J connectivity index is 2.30. The summed E-state index contributed by atoms with van der Waals surface area (Å²) < 4.78 is 6.27. The van der Waals surface area contributed by atoms with Gasteiger partial charge in [0.25, 0.3) is 0 Å². The molecule has 0 aliphatic heterocycles. The zero-order valence-electron chi connectivity index (χ0n) is 9.31. The number of nitrogens with two attached hydrogens (primary N) is 1. The van der Waals surface area contributed by atoms with Gasteiger partial charge in [-0.05, 0) is 40.2 Å². The fourth-order valence-electron chi connectivity index (χ4n) is 1.42. The third-order valence-electron chi connectivity index (χ3n) is 2.20. The van der Waals surface area contributed by atoms with Crippen LogP contribution in [0, 0.1) is 0 Å². The predicted octanol–water partition coefficient (Wildman–Crippen LogP) is 4.19. The lowest BCUT2D eigenvalue weighted by Gasteiger charge is -2.07. The fraction of sp³-hybridized carbons (Fsp3) is 0.0769. The summed E-state index contributed by atoms with van der Waals surface area (Å²) in [5, 5.41) is 0. The quantitative estimate of drug-likeness (QED) is 0.863. The maximum absolute atomic E-state index is 5.82. The molecule has 4 heteroatoms. The molecule has 2 rings (SSSR count). The number of anilines is 1. The average Bonchev–Trinajstić information content (AvgIpc) is 2.31. The molecule has 0 radical (unpaired) electrons. The van der Waals surface area contributed by atoms with Crippen LogP contribution in [-0.2, 0) is 0 Å². The molecular formula is C13H12BrNOS. The van der Waals surface area contributed by atoms with Gasteiger partial charge in [0.1, 0.15) is 5.75 Å². The topological polar surface area (TPSA) is 35.2 Å². The second-order valence-corrected chi connectivity index (χ2v) is 5.44. The van der Waals surface area contributed by atoms with E-state index in [-0.39, 0.29) is 0 Å². The molecule has 2 N–H and O–H groups in total. The van der Waals surface area contributed by atoms with Crippen molar-refractivity contribution in [2.45, 2.75) is 9.79 Å². The molecular weight excluding hydrogens is 298 g/mol. The zero-order valence-corrected chi connectivity index (χ0v) is 11.7. The highest BCUT2D eigenvalue weighted by Gasteiger charge is 2.04. The molecule has 0 aliphatic rings. The van der Waals surface area contributed by atoms with E-state index in [4.69, 9.17) is 10.5 Å². The fourth-order valence-corrected chi connectivity index (χ4v) is 2.89. The summed E-state index contributed by atoms with van der Waals surface area (Å²) in [6.45, 7) is 0. The SMILES string of the molecule is COc1cc(N)cc(Sc2ccccc2Br)c1. The lowest BCUT2D eigenvalue weighted by molar-refractivity contribution is 0.414. The average molecular weight is 310 g/mol. The highest BCUT2D eigenvalue weighted by atomic mass is 79.9. The van der Waals surface area contributed by atoms with Crippen LogP contribution in [0.2, 0.25) is 0 Å². The van der Waals surface area contributed by atoms with E-state index in [2.05, 4.69) is 22.0 Å². The van der Waals surface area contributed by atoms with Gasteiger partial charge in [0.05, 0.1) is 7.11 Å². The van der Waals surface area contributed by atoms with E-state index < -0.39 is 0 Å². The van der Waals surface area contributed by atoms with Crippen molar-refractivity contribution in [2.75, 3.05) is 12.8 Å². The Hall–Kier alpha value is -1.13. The van der Waals surface area contributed by atoms with Crippen molar-refractivity contribution < 1.29 is 4.74 Å². The summed E-state index contributed by atoms with van der Waals surface area (Å²) in [5.41, 5.74) is 6.53. The van der Waals surface area contributed by atoms with Gasteiger partial charge in [0.2, 0.25) is 0 Å². The van der Waals surface area contributed by atoms with Crippen molar-refractivity contribution in [3.05, 3.63) is 46.9 Å². The third kappa shape index (κ3) is 3.17. The molecule has 0 fully saturated rings. The molecule has 0 aliphatic carbocycles. The predicted molar refractivity (Wildman–Crippen MR) is 75.7 cm³/mol. The summed E-state index contributed by atoms with van der Waals surface area (Å²) in [6.07, 6.45) is 0. The van der Waals surface area contributed by atoms with Gasteiger partial charge in [-0.3, -0.25) is 0 Å². The van der Waals surface area contributed by atoms with Crippen LogP contribution in [-0.4, -0.2) is 7.11 Å². The second kappa shape index (κ2) is 5.47. The van der Waals surface area contributed by atoms with Crippen LogP contribution < -0.4 is 10.5 Å². The van der Waals surface area contributed by atoms with E-state index in [9.17, 15) is 0 Å². The van der Waals surface area contributed by atoms with Crippen LogP contribution in [0.5, 0.6) is 5.75 Å².